The van der Waals surface area contributed by atoms with E-state index < -0.39 is 6.04 Å². The Bertz CT molecular complexity index is 832. The van der Waals surface area contributed by atoms with Gasteiger partial charge in [-0.25, -0.2) is 4.39 Å². The number of rotatable bonds is 7. The van der Waals surface area contributed by atoms with Crippen molar-refractivity contribution >= 4 is 23.2 Å². The standard InChI is InChI=1S/C22H28FN3O2/c1-14(2)13-20(27)24-18-7-6-8-19(15(18)3)25-22(28)21(26(4)5)16-9-11-17(23)12-10-16/h6-12,14,21H,13H2,1-5H3,(H,24,27)(H,25,28). The highest BCUT2D eigenvalue weighted by molar-refractivity contribution is 5.98. The van der Waals surface area contributed by atoms with Crippen LogP contribution in [-0.4, -0.2) is 30.8 Å². The fourth-order valence-electron chi connectivity index (χ4n) is 3.01. The molecule has 2 amide bonds. The maximum atomic E-state index is 13.2. The summed E-state index contributed by atoms with van der Waals surface area (Å²) >= 11 is 0. The fourth-order valence-corrected chi connectivity index (χ4v) is 3.01. The monoisotopic (exact) mass is 385 g/mol. The number of carbonyl (C=O) groups is 2. The lowest BCUT2D eigenvalue weighted by atomic mass is 10.0. The van der Waals surface area contributed by atoms with E-state index in [-0.39, 0.29) is 23.5 Å². The van der Waals surface area contributed by atoms with Gasteiger partial charge in [0.05, 0.1) is 0 Å². The van der Waals surface area contributed by atoms with Gasteiger partial charge >= 0.3 is 0 Å². The van der Waals surface area contributed by atoms with E-state index in [1.54, 1.807) is 43.3 Å². The quantitative estimate of drug-likeness (QED) is 0.744. The molecule has 0 bridgehead atoms. The molecule has 0 aromatic heterocycles. The summed E-state index contributed by atoms with van der Waals surface area (Å²) in [6, 6.07) is 10.7. The Morgan fingerprint density at radius 1 is 1.00 bits per heavy atom. The van der Waals surface area contributed by atoms with Crippen LogP contribution >= 0.6 is 0 Å². The first kappa shape index (κ1) is 21.6. The van der Waals surface area contributed by atoms with Crippen LogP contribution in [0.25, 0.3) is 0 Å². The highest BCUT2D eigenvalue weighted by atomic mass is 19.1. The predicted octanol–water partition coefficient (Wildman–Crippen LogP) is 4.36. The molecule has 5 nitrogen and oxygen atoms in total. The van der Waals surface area contributed by atoms with Gasteiger partial charge in [0.15, 0.2) is 0 Å². The van der Waals surface area contributed by atoms with E-state index in [1.165, 1.54) is 12.1 Å². The van der Waals surface area contributed by atoms with E-state index >= 15 is 0 Å². The van der Waals surface area contributed by atoms with Gasteiger partial charge in [0.2, 0.25) is 11.8 Å². The van der Waals surface area contributed by atoms with Crippen molar-refractivity contribution in [2.45, 2.75) is 33.2 Å². The van der Waals surface area contributed by atoms with Crippen LogP contribution in [-0.2, 0) is 9.59 Å². The molecule has 6 heteroatoms. The van der Waals surface area contributed by atoms with Gasteiger partial charge in [-0.15, -0.1) is 0 Å². The molecule has 2 N–H and O–H groups in total. The highest BCUT2D eigenvalue weighted by Gasteiger charge is 2.24. The maximum Gasteiger partial charge on any atom is 0.246 e. The molecule has 150 valence electrons. The number of benzene rings is 2. The Morgan fingerprint density at radius 3 is 2.11 bits per heavy atom. The molecule has 0 saturated heterocycles. The van der Waals surface area contributed by atoms with E-state index in [2.05, 4.69) is 10.6 Å². The number of nitrogens with one attached hydrogen (secondary N) is 2. The van der Waals surface area contributed by atoms with Crippen LogP contribution in [0.4, 0.5) is 15.8 Å². The Morgan fingerprint density at radius 2 is 1.57 bits per heavy atom. The number of amides is 2. The number of likely N-dealkylation sites (N-methyl/N-ethyl adjacent to an activating group) is 1. The van der Waals surface area contributed by atoms with Gasteiger partial charge in [0.25, 0.3) is 0 Å². The first-order chi connectivity index (χ1) is 13.2. The largest absolute Gasteiger partial charge is 0.326 e. The summed E-state index contributed by atoms with van der Waals surface area (Å²) in [5, 5.41) is 5.84. The molecule has 0 aliphatic carbocycles. The summed E-state index contributed by atoms with van der Waals surface area (Å²) in [7, 11) is 3.59. The van der Waals surface area contributed by atoms with Crippen LogP contribution in [0.3, 0.4) is 0 Å². The molecule has 0 radical (unpaired) electrons. The van der Waals surface area contributed by atoms with Gasteiger partial charge in [-0.05, 0) is 62.3 Å². The second-order valence-electron chi connectivity index (χ2n) is 7.53. The predicted molar refractivity (Wildman–Crippen MR) is 111 cm³/mol. The number of carbonyl (C=O) groups excluding carboxylic acids is 2. The van der Waals surface area contributed by atoms with Crippen molar-refractivity contribution in [2.24, 2.45) is 5.92 Å². The molecular weight excluding hydrogens is 357 g/mol. The van der Waals surface area contributed by atoms with Gasteiger partial charge in [-0.3, -0.25) is 14.5 Å². The van der Waals surface area contributed by atoms with Gasteiger partial charge in [-0.1, -0.05) is 32.0 Å². The molecule has 1 unspecified atom stereocenters. The third-order valence-corrected chi connectivity index (χ3v) is 4.41. The van der Waals surface area contributed by atoms with E-state index in [0.29, 0.717) is 23.4 Å². The third-order valence-electron chi connectivity index (χ3n) is 4.41. The normalized spacial score (nSPS) is 12.1. The SMILES string of the molecule is Cc1c(NC(=O)CC(C)C)cccc1NC(=O)C(c1ccc(F)cc1)N(C)C. The summed E-state index contributed by atoms with van der Waals surface area (Å²) in [4.78, 5) is 26.8. The van der Waals surface area contributed by atoms with E-state index in [1.807, 2.05) is 26.8 Å². The second-order valence-corrected chi connectivity index (χ2v) is 7.53. The lowest BCUT2D eigenvalue weighted by Gasteiger charge is -2.24. The number of halogens is 1. The highest BCUT2D eigenvalue weighted by Crippen LogP contribution is 2.26. The Balaban J connectivity index is 2.21. The van der Waals surface area contributed by atoms with Crippen molar-refractivity contribution in [3.63, 3.8) is 0 Å². The molecule has 2 aromatic rings. The molecule has 2 rings (SSSR count). The van der Waals surface area contributed by atoms with Crippen LogP contribution in [0.5, 0.6) is 0 Å². The van der Waals surface area contributed by atoms with E-state index in [4.69, 9.17) is 0 Å². The molecule has 0 aliphatic rings. The third kappa shape index (κ3) is 5.63. The first-order valence-corrected chi connectivity index (χ1v) is 9.31. The van der Waals surface area contributed by atoms with Crippen molar-refractivity contribution in [2.75, 3.05) is 24.7 Å². The number of hydrogen-bond donors (Lipinski definition) is 2. The van der Waals surface area contributed by atoms with Crippen molar-refractivity contribution < 1.29 is 14.0 Å². The van der Waals surface area contributed by atoms with Crippen molar-refractivity contribution in [1.29, 1.82) is 0 Å². The van der Waals surface area contributed by atoms with Crippen LogP contribution in [0.2, 0.25) is 0 Å². The van der Waals surface area contributed by atoms with Gasteiger partial charge in [0, 0.05) is 17.8 Å². The lowest BCUT2D eigenvalue weighted by Crippen LogP contribution is -2.32. The minimum absolute atomic E-state index is 0.0564. The zero-order chi connectivity index (χ0) is 20.8. The van der Waals surface area contributed by atoms with E-state index in [0.717, 1.165) is 5.56 Å². The molecule has 1 atom stereocenters. The van der Waals surface area contributed by atoms with Crippen molar-refractivity contribution in [3.05, 3.63) is 59.4 Å². The molecule has 28 heavy (non-hydrogen) atoms. The van der Waals surface area contributed by atoms with Gasteiger partial charge < -0.3 is 10.6 Å². The number of anilines is 2. The lowest BCUT2D eigenvalue weighted by molar-refractivity contribution is -0.120. The summed E-state index contributed by atoms with van der Waals surface area (Å²) < 4.78 is 13.2. The van der Waals surface area contributed by atoms with Crippen molar-refractivity contribution in [3.8, 4) is 0 Å². The summed E-state index contributed by atoms with van der Waals surface area (Å²) in [6.07, 6.45) is 0.434. The molecule has 0 spiro atoms. The topological polar surface area (TPSA) is 61.4 Å². The summed E-state index contributed by atoms with van der Waals surface area (Å²) in [6.45, 7) is 5.82. The van der Waals surface area contributed by atoms with Crippen LogP contribution < -0.4 is 10.6 Å². The number of nitrogens with zero attached hydrogens (tertiary/aromatic N) is 1. The molecular formula is C22H28FN3O2. The minimum Gasteiger partial charge on any atom is -0.326 e. The summed E-state index contributed by atoms with van der Waals surface area (Å²) in [5.74, 6) is -0.369. The zero-order valence-corrected chi connectivity index (χ0v) is 17.0. The molecule has 2 aromatic carbocycles. The van der Waals surface area contributed by atoms with Gasteiger partial charge in [-0.2, -0.15) is 0 Å². The van der Waals surface area contributed by atoms with E-state index in [9.17, 15) is 14.0 Å². The maximum absolute atomic E-state index is 13.2. The minimum atomic E-state index is -0.570. The molecule has 0 saturated carbocycles. The molecule has 0 fully saturated rings. The Labute approximate surface area is 165 Å². The van der Waals surface area contributed by atoms with Gasteiger partial charge in [0.1, 0.15) is 11.9 Å². The fraction of sp³-hybridized carbons (Fsp3) is 0.364. The summed E-state index contributed by atoms with van der Waals surface area (Å²) in [5.41, 5.74) is 2.78. The zero-order valence-electron chi connectivity index (χ0n) is 17.0. The average molecular weight is 385 g/mol. The Kier molecular flexibility index (Phi) is 7.29. The van der Waals surface area contributed by atoms with Crippen molar-refractivity contribution in [1.82, 2.24) is 4.90 Å². The van der Waals surface area contributed by atoms with Crippen LogP contribution in [0.15, 0.2) is 42.5 Å². The second kappa shape index (κ2) is 9.46. The Hall–Kier alpha value is -2.73. The average Bonchev–Trinajstić information content (AvgIpc) is 2.59. The van der Waals surface area contributed by atoms with Crippen LogP contribution in [0, 0.1) is 18.7 Å². The molecule has 0 aliphatic heterocycles. The molecule has 0 heterocycles. The number of hydrogen-bond acceptors (Lipinski definition) is 3. The van der Waals surface area contributed by atoms with Crippen LogP contribution in [0.1, 0.15) is 37.4 Å². The smallest absolute Gasteiger partial charge is 0.246 e. The first-order valence-electron chi connectivity index (χ1n) is 9.31.